The second-order valence-corrected chi connectivity index (χ2v) is 19.0. The SMILES string of the molecule is CCCCCCCCCCCCCCCCCCCCCCCCCCCCCC[Si](C)(C)Cl. The van der Waals surface area contributed by atoms with Crippen LogP contribution < -0.4 is 0 Å². The number of halogens is 1. The Morgan fingerprint density at radius 2 is 0.500 bits per heavy atom. The summed E-state index contributed by atoms with van der Waals surface area (Å²) in [6.45, 7) is 6.85. The van der Waals surface area contributed by atoms with Crippen LogP contribution >= 0.6 is 11.1 Å². The molecule has 0 aromatic carbocycles. The average molecular weight is 515 g/mol. The van der Waals surface area contributed by atoms with Crippen molar-refractivity contribution in [2.24, 2.45) is 0 Å². The zero-order chi connectivity index (χ0) is 25.0. The van der Waals surface area contributed by atoms with E-state index in [1.54, 1.807) is 0 Å². The third kappa shape index (κ3) is 32.5. The Balaban J connectivity index is 3.03. The maximum Gasteiger partial charge on any atom is 0.150 e. The van der Waals surface area contributed by atoms with E-state index in [2.05, 4.69) is 20.0 Å². The van der Waals surface area contributed by atoms with Crippen LogP contribution in [-0.2, 0) is 0 Å². The number of hydrogen-bond donors (Lipinski definition) is 0. The van der Waals surface area contributed by atoms with Gasteiger partial charge in [0.2, 0.25) is 0 Å². The van der Waals surface area contributed by atoms with Gasteiger partial charge < -0.3 is 0 Å². The van der Waals surface area contributed by atoms with Crippen LogP contribution in [0, 0.1) is 0 Å². The van der Waals surface area contributed by atoms with Gasteiger partial charge in [0.25, 0.3) is 0 Å². The van der Waals surface area contributed by atoms with E-state index in [0.29, 0.717) is 0 Å². The lowest BCUT2D eigenvalue weighted by Crippen LogP contribution is -2.14. The minimum Gasteiger partial charge on any atom is -0.168 e. The van der Waals surface area contributed by atoms with Crippen molar-refractivity contribution in [3.05, 3.63) is 0 Å². The summed E-state index contributed by atoms with van der Waals surface area (Å²) >= 11 is 6.38. The summed E-state index contributed by atoms with van der Waals surface area (Å²) < 4.78 is 0. The third-order valence-electron chi connectivity index (χ3n) is 7.62. The molecule has 0 atom stereocenters. The topological polar surface area (TPSA) is 0 Å². The molecule has 0 bridgehead atoms. The predicted octanol–water partition coefficient (Wildman–Crippen LogP) is 13.4. The van der Waals surface area contributed by atoms with E-state index in [-0.39, 0.29) is 0 Å². The van der Waals surface area contributed by atoms with Gasteiger partial charge in [0.1, 0.15) is 7.38 Å². The van der Waals surface area contributed by atoms with Crippen LogP contribution in [0.5, 0.6) is 0 Å². The van der Waals surface area contributed by atoms with Gasteiger partial charge in [-0.15, -0.1) is 0 Å². The molecular formula is C32H67ClSi. The number of unbranched alkanes of at least 4 members (excludes halogenated alkanes) is 27. The molecule has 0 spiro atoms. The van der Waals surface area contributed by atoms with Gasteiger partial charge in [-0.05, 0) is 6.04 Å². The summed E-state index contributed by atoms with van der Waals surface area (Å²) in [4.78, 5) is 0. The maximum absolute atomic E-state index is 6.38. The normalized spacial score (nSPS) is 12.0. The first-order valence-electron chi connectivity index (χ1n) is 16.2. The van der Waals surface area contributed by atoms with Gasteiger partial charge in [-0.1, -0.05) is 200 Å². The first-order valence-corrected chi connectivity index (χ1v) is 20.5. The lowest BCUT2D eigenvalue weighted by atomic mass is 10.0. The van der Waals surface area contributed by atoms with Crippen LogP contribution in [0.4, 0.5) is 0 Å². The Kier molecular flexibility index (Phi) is 28.5. The van der Waals surface area contributed by atoms with Gasteiger partial charge in [0.05, 0.1) is 0 Å². The molecule has 0 radical (unpaired) electrons. The van der Waals surface area contributed by atoms with E-state index in [9.17, 15) is 0 Å². The number of hydrogen-bond acceptors (Lipinski definition) is 0. The molecule has 0 unspecified atom stereocenters. The summed E-state index contributed by atoms with van der Waals surface area (Å²) in [5, 5.41) is 0. The second-order valence-electron chi connectivity index (χ2n) is 12.0. The fraction of sp³-hybridized carbons (Fsp3) is 1.00. The molecule has 0 nitrogen and oxygen atoms in total. The zero-order valence-corrected chi connectivity index (χ0v) is 26.1. The molecule has 0 aromatic rings. The van der Waals surface area contributed by atoms with Crippen molar-refractivity contribution in [1.82, 2.24) is 0 Å². The van der Waals surface area contributed by atoms with Gasteiger partial charge in [-0.25, -0.2) is 0 Å². The molecule has 0 aliphatic heterocycles. The summed E-state index contributed by atoms with van der Waals surface area (Å²) in [6.07, 6.45) is 41.1. The lowest BCUT2D eigenvalue weighted by Gasteiger charge is -2.11. The van der Waals surface area contributed by atoms with Gasteiger partial charge in [0.15, 0.2) is 0 Å². The largest absolute Gasteiger partial charge is 0.168 e. The van der Waals surface area contributed by atoms with Crippen molar-refractivity contribution in [3.63, 3.8) is 0 Å². The summed E-state index contributed by atoms with van der Waals surface area (Å²) in [5.41, 5.74) is 0. The fourth-order valence-electron chi connectivity index (χ4n) is 5.21. The highest BCUT2D eigenvalue weighted by molar-refractivity contribution is 7.19. The van der Waals surface area contributed by atoms with Crippen LogP contribution in [0.1, 0.15) is 187 Å². The molecule has 0 amide bonds. The molecule has 34 heavy (non-hydrogen) atoms. The standard InChI is InChI=1S/C32H67ClSi/c1-4-5-6-7-8-9-10-11-12-13-14-15-16-17-18-19-20-21-22-23-24-25-26-27-28-29-30-31-32-34(2,3)33/h4-32H2,1-3H3. The molecule has 0 saturated heterocycles. The van der Waals surface area contributed by atoms with Gasteiger partial charge in [-0.2, -0.15) is 11.1 Å². The van der Waals surface area contributed by atoms with Gasteiger partial charge >= 0.3 is 0 Å². The molecule has 2 heteroatoms. The highest BCUT2D eigenvalue weighted by atomic mass is 35.6. The first-order chi connectivity index (χ1) is 16.6. The van der Waals surface area contributed by atoms with Crippen LogP contribution in [0.2, 0.25) is 19.1 Å². The predicted molar refractivity (Wildman–Crippen MR) is 163 cm³/mol. The van der Waals surface area contributed by atoms with E-state index < -0.39 is 7.38 Å². The molecule has 0 aliphatic carbocycles. The van der Waals surface area contributed by atoms with E-state index in [1.807, 2.05) is 0 Å². The highest BCUT2D eigenvalue weighted by Gasteiger charge is 2.15. The van der Waals surface area contributed by atoms with E-state index in [1.165, 1.54) is 186 Å². The molecule has 0 N–H and O–H groups in total. The van der Waals surface area contributed by atoms with Gasteiger partial charge in [-0.3, -0.25) is 0 Å². The summed E-state index contributed by atoms with van der Waals surface area (Å²) in [6, 6.07) is 1.30. The molecule has 0 fully saturated rings. The van der Waals surface area contributed by atoms with E-state index in [4.69, 9.17) is 11.1 Å². The van der Waals surface area contributed by atoms with Crippen LogP contribution in [0.25, 0.3) is 0 Å². The molecule has 0 heterocycles. The summed E-state index contributed by atoms with van der Waals surface area (Å²) in [7, 11) is -1.31. The zero-order valence-electron chi connectivity index (χ0n) is 24.4. The van der Waals surface area contributed by atoms with Crippen molar-refractivity contribution in [2.75, 3.05) is 0 Å². The van der Waals surface area contributed by atoms with Crippen LogP contribution in [0.3, 0.4) is 0 Å². The van der Waals surface area contributed by atoms with E-state index in [0.717, 1.165) is 0 Å². The molecular weight excluding hydrogens is 448 g/mol. The Morgan fingerprint density at radius 1 is 0.324 bits per heavy atom. The number of rotatable bonds is 29. The first kappa shape index (κ1) is 34.5. The third-order valence-corrected chi connectivity index (χ3v) is 9.73. The molecule has 0 aliphatic rings. The molecule has 0 rings (SSSR count). The van der Waals surface area contributed by atoms with Crippen molar-refractivity contribution in [1.29, 1.82) is 0 Å². The van der Waals surface area contributed by atoms with Crippen molar-refractivity contribution in [3.8, 4) is 0 Å². The summed E-state index contributed by atoms with van der Waals surface area (Å²) in [5.74, 6) is 0. The molecule has 0 aromatic heterocycles. The lowest BCUT2D eigenvalue weighted by molar-refractivity contribution is 0.514. The average Bonchev–Trinajstić information content (AvgIpc) is 2.80. The Bertz CT molecular complexity index is 363. The van der Waals surface area contributed by atoms with Crippen LogP contribution in [0.15, 0.2) is 0 Å². The minimum absolute atomic E-state index is 1.30. The Hall–Kier alpha value is 0.507. The molecule has 0 saturated carbocycles. The van der Waals surface area contributed by atoms with Crippen molar-refractivity contribution >= 4 is 18.5 Å². The Labute approximate surface area is 223 Å². The monoisotopic (exact) mass is 514 g/mol. The van der Waals surface area contributed by atoms with E-state index >= 15 is 0 Å². The van der Waals surface area contributed by atoms with Gasteiger partial charge in [0, 0.05) is 0 Å². The second kappa shape index (κ2) is 28.1. The van der Waals surface area contributed by atoms with Crippen LogP contribution in [-0.4, -0.2) is 7.38 Å². The smallest absolute Gasteiger partial charge is 0.150 e. The minimum atomic E-state index is -1.31. The molecule has 206 valence electrons. The fourth-order valence-corrected chi connectivity index (χ4v) is 6.71. The van der Waals surface area contributed by atoms with Crippen molar-refractivity contribution in [2.45, 2.75) is 206 Å². The van der Waals surface area contributed by atoms with Crippen molar-refractivity contribution < 1.29 is 0 Å². The maximum atomic E-state index is 6.38. The Morgan fingerprint density at radius 3 is 0.676 bits per heavy atom. The highest BCUT2D eigenvalue weighted by Crippen LogP contribution is 2.20. The quantitative estimate of drug-likeness (QED) is 0.0528.